The molecule has 0 spiro atoms. The van der Waals surface area contributed by atoms with Crippen LogP contribution in [0.15, 0.2) is 36.5 Å². The third-order valence-electron chi connectivity index (χ3n) is 4.03. The van der Waals surface area contributed by atoms with Crippen LogP contribution in [0.1, 0.15) is 60.8 Å². The summed E-state index contributed by atoms with van der Waals surface area (Å²) in [6.45, 7) is 17.6. The molecule has 0 aromatic heterocycles. The smallest absolute Gasteiger partial charge is 0.00783 e. The van der Waals surface area contributed by atoms with Crippen molar-refractivity contribution in [3.63, 3.8) is 0 Å². The van der Waals surface area contributed by atoms with Crippen LogP contribution in [0.5, 0.6) is 0 Å². The normalized spacial score (nSPS) is 19.0. The Bertz CT molecular complexity index is 295. The SMILES string of the molecule is C=C(C)C(C)CC(C)(C=CCC)C(C=CC)CC. The molecule has 0 aliphatic rings. The van der Waals surface area contributed by atoms with Gasteiger partial charge < -0.3 is 0 Å². The van der Waals surface area contributed by atoms with Crippen molar-refractivity contribution >= 4 is 0 Å². The van der Waals surface area contributed by atoms with Gasteiger partial charge in [-0.15, -0.1) is 0 Å². The molecule has 104 valence electrons. The van der Waals surface area contributed by atoms with Crippen molar-refractivity contribution in [2.24, 2.45) is 17.3 Å². The standard InChI is InChI=1S/C18H32/c1-8-11-13-18(7,14-16(6)15(4)5)17(10-3)12-9-2/h9,11-13,16-17H,4,8,10,14H2,1-3,5-7H3. The fourth-order valence-electron chi connectivity index (χ4n) is 2.62. The first-order valence-corrected chi connectivity index (χ1v) is 7.37. The van der Waals surface area contributed by atoms with E-state index < -0.39 is 0 Å². The Morgan fingerprint density at radius 3 is 2.33 bits per heavy atom. The van der Waals surface area contributed by atoms with Crippen LogP contribution in [-0.4, -0.2) is 0 Å². The minimum absolute atomic E-state index is 0.246. The van der Waals surface area contributed by atoms with E-state index in [4.69, 9.17) is 0 Å². The highest BCUT2D eigenvalue weighted by Gasteiger charge is 2.30. The van der Waals surface area contributed by atoms with Gasteiger partial charge in [0.15, 0.2) is 0 Å². The van der Waals surface area contributed by atoms with Crippen molar-refractivity contribution < 1.29 is 0 Å². The zero-order chi connectivity index (χ0) is 14.2. The van der Waals surface area contributed by atoms with Crippen LogP contribution in [-0.2, 0) is 0 Å². The van der Waals surface area contributed by atoms with Gasteiger partial charge in [-0.3, -0.25) is 0 Å². The summed E-state index contributed by atoms with van der Waals surface area (Å²) in [5.41, 5.74) is 1.54. The van der Waals surface area contributed by atoms with E-state index >= 15 is 0 Å². The van der Waals surface area contributed by atoms with Gasteiger partial charge in [0.2, 0.25) is 0 Å². The molecule has 0 fully saturated rings. The lowest BCUT2D eigenvalue weighted by Gasteiger charge is -2.36. The molecule has 0 aliphatic carbocycles. The van der Waals surface area contributed by atoms with Crippen molar-refractivity contribution in [3.8, 4) is 0 Å². The van der Waals surface area contributed by atoms with E-state index in [1.54, 1.807) is 0 Å². The average molecular weight is 248 g/mol. The maximum absolute atomic E-state index is 4.11. The van der Waals surface area contributed by atoms with Gasteiger partial charge in [-0.05, 0) is 50.4 Å². The Hall–Kier alpha value is -0.780. The monoisotopic (exact) mass is 248 g/mol. The van der Waals surface area contributed by atoms with Crippen molar-refractivity contribution in [3.05, 3.63) is 36.5 Å². The highest BCUT2D eigenvalue weighted by atomic mass is 14.3. The van der Waals surface area contributed by atoms with E-state index in [-0.39, 0.29) is 5.41 Å². The minimum Gasteiger partial charge on any atom is -0.0999 e. The Kier molecular flexibility index (Phi) is 7.98. The van der Waals surface area contributed by atoms with Crippen molar-refractivity contribution in [1.82, 2.24) is 0 Å². The van der Waals surface area contributed by atoms with Crippen LogP contribution >= 0.6 is 0 Å². The molecule has 0 N–H and O–H groups in total. The Morgan fingerprint density at radius 2 is 1.94 bits per heavy atom. The van der Waals surface area contributed by atoms with Crippen LogP contribution in [0.25, 0.3) is 0 Å². The van der Waals surface area contributed by atoms with Crippen LogP contribution in [0.4, 0.5) is 0 Å². The Morgan fingerprint density at radius 1 is 1.33 bits per heavy atom. The molecule has 3 unspecified atom stereocenters. The van der Waals surface area contributed by atoms with E-state index in [0.29, 0.717) is 11.8 Å². The summed E-state index contributed by atoms with van der Waals surface area (Å²) in [5, 5.41) is 0. The Labute approximate surface area is 115 Å². The van der Waals surface area contributed by atoms with E-state index in [0.717, 1.165) is 6.42 Å². The van der Waals surface area contributed by atoms with Crippen LogP contribution < -0.4 is 0 Å². The first-order valence-electron chi connectivity index (χ1n) is 7.37. The molecule has 0 saturated heterocycles. The minimum atomic E-state index is 0.246. The summed E-state index contributed by atoms with van der Waals surface area (Å²) in [5.74, 6) is 1.20. The summed E-state index contributed by atoms with van der Waals surface area (Å²) in [4.78, 5) is 0. The maximum atomic E-state index is 4.11. The lowest BCUT2D eigenvalue weighted by Crippen LogP contribution is -2.26. The largest absolute Gasteiger partial charge is 0.0999 e. The molecule has 0 saturated carbocycles. The third-order valence-corrected chi connectivity index (χ3v) is 4.03. The van der Waals surface area contributed by atoms with E-state index in [1.807, 2.05) is 0 Å². The Balaban J connectivity index is 5.14. The van der Waals surface area contributed by atoms with Gasteiger partial charge in [-0.25, -0.2) is 0 Å². The molecular formula is C18H32. The molecule has 0 amide bonds. The molecule has 0 rings (SSSR count). The third kappa shape index (κ3) is 5.25. The highest BCUT2D eigenvalue weighted by molar-refractivity contribution is 5.09. The zero-order valence-corrected chi connectivity index (χ0v) is 13.3. The van der Waals surface area contributed by atoms with Gasteiger partial charge in [0.1, 0.15) is 0 Å². The van der Waals surface area contributed by atoms with Crippen LogP contribution in [0.2, 0.25) is 0 Å². The molecule has 0 heteroatoms. The average Bonchev–Trinajstić information content (AvgIpc) is 2.33. The van der Waals surface area contributed by atoms with E-state index in [1.165, 1.54) is 18.4 Å². The van der Waals surface area contributed by atoms with Crippen molar-refractivity contribution in [1.29, 1.82) is 0 Å². The molecule has 0 nitrogen and oxygen atoms in total. The molecule has 0 aromatic rings. The summed E-state index contributed by atoms with van der Waals surface area (Å²) >= 11 is 0. The lowest BCUT2D eigenvalue weighted by atomic mass is 9.69. The number of allylic oxidation sites excluding steroid dienone is 5. The highest BCUT2D eigenvalue weighted by Crippen LogP contribution is 2.40. The predicted molar refractivity (Wildman–Crippen MR) is 84.7 cm³/mol. The van der Waals surface area contributed by atoms with Crippen LogP contribution in [0, 0.1) is 17.3 Å². The lowest BCUT2D eigenvalue weighted by molar-refractivity contribution is 0.248. The zero-order valence-electron chi connectivity index (χ0n) is 13.3. The fraction of sp³-hybridized carbons (Fsp3) is 0.667. The summed E-state index contributed by atoms with van der Waals surface area (Å²) < 4.78 is 0. The van der Waals surface area contributed by atoms with E-state index in [9.17, 15) is 0 Å². The number of hydrogen-bond donors (Lipinski definition) is 0. The first-order chi connectivity index (χ1) is 8.41. The molecule has 18 heavy (non-hydrogen) atoms. The summed E-state index contributed by atoms with van der Waals surface area (Å²) in [6.07, 6.45) is 12.8. The molecule has 0 heterocycles. The number of rotatable bonds is 8. The molecule has 3 atom stereocenters. The maximum Gasteiger partial charge on any atom is -0.00783 e. The van der Waals surface area contributed by atoms with Crippen molar-refractivity contribution in [2.75, 3.05) is 0 Å². The first kappa shape index (κ1) is 17.2. The fourth-order valence-corrected chi connectivity index (χ4v) is 2.62. The second-order valence-corrected chi connectivity index (χ2v) is 5.81. The van der Waals surface area contributed by atoms with Crippen molar-refractivity contribution in [2.45, 2.75) is 60.8 Å². The van der Waals surface area contributed by atoms with Gasteiger partial charge in [0.25, 0.3) is 0 Å². The molecule has 0 aliphatic heterocycles. The molecular weight excluding hydrogens is 216 g/mol. The van der Waals surface area contributed by atoms with Crippen LogP contribution in [0.3, 0.4) is 0 Å². The topological polar surface area (TPSA) is 0 Å². The molecule has 0 aromatic carbocycles. The van der Waals surface area contributed by atoms with Gasteiger partial charge >= 0.3 is 0 Å². The van der Waals surface area contributed by atoms with Gasteiger partial charge in [0.05, 0.1) is 0 Å². The molecule has 0 radical (unpaired) electrons. The second kappa shape index (κ2) is 8.34. The summed E-state index contributed by atoms with van der Waals surface area (Å²) in [6, 6.07) is 0. The molecule has 0 bridgehead atoms. The number of hydrogen-bond acceptors (Lipinski definition) is 0. The second-order valence-electron chi connectivity index (χ2n) is 5.81. The van der Waals surface area contributed by atoms with Gasteiger partial charge in [-0.2, -0.15) is 0 Å². The summed E-state index contributed by atoms with van der Waals surface area (Å²) in [7, 11) is 0. The van der Waals surface area contributed by atoms with E-state index in [2.05, 4.69) is 72.4 Å². The predicted octanol–water partition coefficient (Wildman–Crippen LogP) is 6.16. The van der Waals surface area contributed by atoms with Gasteiger partial charge in [-0.1, -0.05) is 64.2 Å². The quantitative estimate of drug-likeness (QED) is 0.451. The van der Waals surface area contributed by atoms with Gasteiger partial charge in [0, 0.05) is 0 Å².